The van der Waals surface area contributed by atoms with Crippen molar-refractivity contribution in [2.24, 2.45) is 0 Å². The lowest BCUT2D eigenvalue weighted by molar-refractivity contribution is 0.133. The number of hydrogen-bond donors (Lipinski definition) is 0. The predicted molar refractivity (Wildman–Crippen MR) is 67.0 cm³/mol. The van der Waals surface area contributed by atoms with Crippen molar-refractivity contribution in [1.82, 2.24) is 10.1 Å². The molecule has 3 heterocycles. The first kappa shape index (κ1) is 11.5. The van der Waals surface area contributed by atoms with Crippen LogP contribution in [0.4, 0.5) is 0 Å². The lowest BCUT2D eigenvalue weighted by atomic mass is 9.98. The van der Waals surface area contributed by atoms with E-state index in [-0.39, 0.29) is 0 Å². The molecular formula is C14H18N2O2. The lowest BCUT2D eigenvalue weighted by Gasteiger charge is -2.34. The Morgan fingerprint density at radius 3 is 3.11 bits per heavy atom. The minimum atomic E-state index is 0.381. The van der Waals surface area contributed by atoms with Gasteiger partial charge < -0.3 is 8.94 Å². The topological polar surface area (TPSA) is 42.4 Å². The zero-order chi connectivity index (χ0) is 12.4. The van der Waals surface area contributed by atoms with Gasteiger partial charge in [-0.15, -0.1) is 0 Å². The molecule has 18 heavy (non-hydrogen) atoms. The van der Waals surface area contributed by atoms with E-state index in [2.05, 4.69) is 16.1 Å². The van der Waals surface area contributed by atoms with Crippen LogP contribution in [-0.4, -0.2) is 16.6 Å². The molecule has 1 fully saturated rings. The number of hydrogen-bond acceptors (Lipinski definition) is 4. The summed E-state index contributed by atoms with van der Waals surface area (Å²) in [7, 11) is 0. The van der Waals surface area contributed by atoms with Gasteiger partial charge in [-0.25, -0.2) is 0 Å². The number of likely N-dealkylation sites (tertiary alicyclic amines) is 1. The second kappa shape index (κ2) is 4.98. The summed E-state index contributed by atoms with van der Waals surface area (Å²) in [6, 6.07) is 4.46. The highest BCUT2D eigenvalue weighted by atomic mass is 16.5. The molecule has 0 radical (unpaired) electrons. The Hall–Kier alpha value is -1.55. The third kappa shape index (κ3) is 2.34. The SMILES string of the molecule is Cc1cc(C2CCCCN2Cc2ccoc2)no1. The minimum Gasteiger partial charge on any atom is -0.472 e. The van der Waals surface area contributed by atoms with E-state index < -0.39 is 0 Å². The fourth-order valence-electron chi connectivity index (χ4n) is 2.68. The fourth-order valence-corrected chi connectivity index (χ4v) is 2.68. The number of rotatable bonds is 3. The van der Waals surface area contributed by atoms with Crippen LogP contribution in [0.5, 0.6) is 0 Å². The van der Waals surface area contributed by atoms with Gasteiger partial charge in [-0.1, -0.05) is 11.6 Å². The molecule has 0 aromatic carbocycles. The maximum Gasteiger partial charge on any atom is 0.133 e. The molecule has 4 heteroatoms. The first-order valence-corrected chi connectivity index (χ1v) is 6.51. The summed E-state index contributed by atoms with van der Waals surface area (Å²) < 4.78 is 10.3. The van der Waals surface area contributed by atoms with Crippen molar-refractivity contribution in [3.8, 4) is 0 Å². The molecule has 1 aliphatic rings. The molecule has 0 aliphatic carbocycles. The summed E-state index contributed by atoms with van der Waals surface area (Å²) >= 11 is 0. The van der Waals surface area contributed by atoms with Gasteiger partial charge in [0.25, 0.3) is 0 Å². The molecule has 0 bridgehead atoms. The molecule has 1 saturated heterocycles. The van der Waals surface area contributed by atoms with Gasteiger partial charge in [0.05, 0.1) is 18.6 Å². The first-order chi connectivity index (χ1) is 8.83. The van der Waals surface area contributed by atoms with Crippen LogP contribution in [0.25, 0.3) is 0 Å². The number of aromatic nitrogens is 1. The normalized spacial score (nSPS) is 21.3. The van der Waals surface area contributed by atoms with Crippen LogP contribution in [0, 0.1) is 6.92 Å². The molecule has 1 unspecified atom stereocenters. The molecule has 4 nitrogen and oxygen atoms in total. The minimum absolute atomic E-state index is 0.381. The van der Waals surface area contributed by atoms with Crippen molar-refractivity contribution in [2.45, 2.75) is 38.8 Å². The van der Waals surface area contributed by atoms with Gasteiger partial charge in [0.2, 0.25) is 0 Å². The van der Waals surface area contributed by atoms with Gasteiger partial charge in [-0.3, -0.25) is 4.90 Å². The Bertz CT molecular complexity index is 490. The summed E-state index contributed by atoms with van der Waals surface area (Å²) in [6.45, 7) is 3.98. The highest BCUT2D eigenvalue weighted by Crippen LogP contribution is 2.31. The van der Waals surface area contributed by atoms with Crippen LogP contribution < -0.4 is 0 Å². The van der Waals surface area contributed by atoms with E-state index in [1.54, 1.807) is 6.26 Å². The molecule has 2 aromatic heterocycles. The van der Waals surface area contributed by atoms with Gasteiger partial charge in [0.15, 0.2) is 0 Å². The standard InChI is InChI=1S/C14H18N2O2/c1-11-8-13(15-18-11)14-4-2-3-6-16(14)9-12-5-7-17-10-12/h5,7-8,10,14H,2-4,6,9H2,1H3. The second-order valence-corrected chi connectivity index (χ2v) is 4.98. The Morgan fingerprint density at radius 2 is 2.39 bits per heavy atom. The van der Waals surface area contributed by atoms with Crippen molar-refractivity contribution in [3.05, 3.63) is 41.7 Å². The van der Waals surface area contributed by atoms with E-state index in [4.69, 9.17) is 8.94 Å². The molecule has 0 saturated carbocycles. The summed E-state index contributed by atoms with van der Waals surface area (Å²) in [5, 5.41) is 4.18. The van der Waals surface area contributed by atoms with Crippen LogP contribution in [0.2, 0.25) is 0 Å². The van der Waals surface area contributed by atoms with Crippen LogP contribution >= 0.6 is 0 Å². The van der Waals surface area contributed by atoms with Crippen molar-refractivity contribution >= 4 is 0 Å². The van der Waals surface area contributed by atoms with Gasteiger partial charge in [-0.05, 0) is 32.4 Å². The molecular weight excluding hydrogens is 228 g/mol. The van der Waals surface area contributed by atoms with E-state index in [9.17, 15) is 0 Å². The Labute approximate surface area is 107 Å². The third-order valence-corrected chi connectivity index (χ3v) is 3.57. The quantitative estimate of drug-likeness (QED) is 0.833. The summed E-state index contributed by atoms with van der Waals surface area (Å²) in [5.41, 5.74) is 2.29. The number of nitrogens with zero attached hydrogens (tertiary/aromatic N) is 2. The Morgan fingerprint density at radius 1 is 1.44 bits per heavy atom. The van der Waals surface area contributed by atoms with Crippen LogP contribution in [0.1, 0.15) is 42.3 Å². The Kier molecular flexibility index (Phi) is 3.19. The maximum atomic E-state index is 5.21. The molecule has 1 atom stereocenters. The maximum absolute atomic E-state index is 5.21. The summed E-state index contributed by atoms with van der Waals surface area (Å²) in [4.78, 5) is 2.46. The van der Waals surface area contributed by atoms with E-state index >= 15 is 0 Å². The molecule has 1 aliphatic heterocycles. The zero-order valence-corrected chi connectivity index (χ0v) is 10.6. The lowest BCUT2D eigenvalue weighted by Crippen LogP contribution is -2.33. The van der Waals surface area contributed by atoms with Crippen LogP contribution in [-0.2, 0) is 6.54 Å². The van der Waals surface area contributed by atoms with E-state index in [1.807, 2.05) is 19.3 Å². The van der Waals surface area contributed by atoms with E-state index in [0.717, 1.165) is 31.0 Å². The third-order valence-electron chi connectivity index (χ3n) is 3.57. The molecule has 0 N–H and O–H groups in total. The predicted octanol–water partition coefficient (Wildman–Crippen LogP) is 3.30. The fraction of sp³-hybridized carbons (Fsp3) is 0.500. The van der Waals surface area contributed by atoms with Crippen molar-refractivity contribution in [3.63, 3.8) is 0 Å². The highest BCUT2D eigenvalue weighted by molar-refractivity contribution is 5.12. The number of furan rings is 1. The highest BCUT2D eigenvalue weighted by Gasteiger charge is 2.26. The molecule has 2 aromatic rings. The summed E-state index contributed by atoms with van der Waals surface area (Å²) in [5.74, 6) is 0.888. The largest absolute Gasteiger partial charge is 0.472 e. The van der Waals surface area contributed by atoms with Crippen molar-refractivity contribution in [1.29, 1.82) is 0 Å². The van der Waals surface area contributed by atoms with Gasteiger partial charge >= 0.3 is 0 Å². The molecule has 0 amide bonds. The van der Waals surface area contributed by atoms with E-state index in [0.29, 0.717) is 6.04 Å². The average molecular weight is 246 g/mol. The second-order valence-electron chi connectivity index (χ2n) is 4.98. The zero-order valence-electron chi connectivity index (χ0n) is 10.6. The average Bonchev–Trinajstić information content (AvgIpc) is 3.02. The monoisotopic (exact) mass is 246 g/mol. The summed E-state index contributed by atoms with van der Waals surface area (Å²) in [6.07, 6.45) is 7.22. The first-order valence-electron chi connectivity index (χ1n) is 6.51. The van der Waals surface area contributed by atoms with Crippen LogP contribution in [0.15, 0.2) is 33.6 Å². The number of aryl methyl sites for hydroxylation is 1. The molecule has 3 rings (SSSR count). The van der Waals surface area contributed by atoms with E-state index in [1.165, 1.54) is 18.4 Å². The van der Waals surface area contributed by atoms with Crippen molar-refractivity contribution < 1.29 is 8.94 Å². The van der Waals surface area contributed by atoms with Gasteiger partial charge in [0, 0.05) is 18.2 Å². The van der Waals surface area contributed by atoms with Gasteiger partial charge in [-0.2, -0.15) is 0 Å². The van der Waals surface area contributed by atoms with Gasteiger partial charge in [0.1, 0.15) is 11.5 Å². The Balaban J connectivity index is 1.77. The van der Waals surface area contributed by atoms with Crippen molar-refractivity contribution in [2.75, 3.05) is 6.54 Å². The number of piperidine rings is 1. The molecule has 0 spiro atoms. The smallest absolute Gasteiger partial charge is 0.133 e. The molecule has 96 valence electrons. The van der Waals surface area contributed by atoms with Crippen LogP contribution in [0.3, 0.4) is 0 Å².